The van der Waals surface area contributed by atoms with E-state index >= 15 is 0 Å². The maximum absolute atomic E-state index is 10.3. The second-order valence-corrected chi connectivity index (χ2v) is 9.89. The van der Waals surface area contributed by atoms with Gasteiger partial charge in [-0.05, 0) is 69.0 Å². The summed E-state index contributed by atoms with van der Waals surface area (Å²) in [5, 5.41) is 18.8. The lowest BCUT2D eigenvalue weighted by Crippen LogP contribution is -2.54. The Hall–Kier alpha value is -3.70. The Morgan fingerprint density at radius 3 is 2.61 bits per heavy atom. The van der Waals surface area contributed by atoms with Gasteiger partial charge in [0, 0.05) is 36.9 Å². The van der Waals surface area contributed by atoms with Gasteiger partial charge >= 0.3 is 0 Å². The van der Waals surface area contributed by atoms with Crippen LogP contribution in [-0.4, -0.2) is 75.0 Å². The number of fused-ring (bicyclic) bond motifs is 2. The number of hydrogen-bond donors (Lipinski definition) is 1. The number of hydrogen-bond acceptors (Lipinski definition) is 8. The minimum atomic E-state index is 0.215. The second kappa shape index (κ2) is 10.1. The van der Waals surface area contributed by atoms with Crippen LogP contribution in [0.25, 0.3) is 11.3 Å². The zero-order valence-corrected chi connectivity index (χ0v) is 20.4. The molecule has 0 radical (unpaired) electrons. The van der Waals surface area contributed by atoms with Gasteiger partial charge in [0.05, 0.1) is 24.1 Å². The molecule has 3 aliphatic rings. The van der Waals surface area contributed by atoms with E-state index in [1.807, 2.05) is 42.7 Å². The average molecular weight is 482 g/mol. The van der Waals surface area contributed by atoms with Crippen LogP contribution in [0.5, 0.6) is 5.75 Å². The Labute approximate surface area is 212 Å². The molecule has 1 aromatic carbocycles. The third-order valence-corrected chi connectivity index (χ3v) is 7.52. The monoisotopic (exact) mass is 481 g/mol. The Balaban J connectivity index is 1.16. The molecule has 0 spiro atoms. The highest BCUT2D eigenvalue weighted by Gasteiger charge is 2.41. The molecule has 0 unspecified atom stereocenters. The number of phenols is 1. The van der Waals surface area contributed by atoms with E-state index < -0.39 is 0 Å². The van der Waals surface area contributed by atoms with Gasteiger partial charge in [-0.3, -0.25) is 4.90 Å². The summed E-state index contributed by atoms with van der Waals surface area (Å²) in [5.74, 6) is 8.28. The predicted molar refractivity (Wildman–Crippen MR) is 140 cm³/mol. The number of likely N-dealkylation sites (tertiary alicyclic amines) is 1. The lowest BCUT2D eigenvalue weighted by atomic mass is 10.1. The molecule has 3 fully saturated rings. The Morgan fingerprint density at radius 1 is 1.00 bits per heavy atom. The number of rotatable bonds is 4. The van der Waals surface area contributed by atoms with Crippen LogP contribution >= 0.6 is 0 Å². The van der Waals surface area contributed by atoms with Gasteiger partial charge in [0.1, 0.15) is 11.6 Å². The molecule has 2 aromatic heterocycles. The van der Waals surface area contributed by atoms with Crippen LogP contribution in [0, 0.1) is 11.8 Å². The van der Waals surface area contributed by atoms with Crippen molar-refractivity contribution < 1.29 is 5.11 Å². The van der Waals surface area contributed by atoms with E-state index in [1.54, 1.807) is 6.07 Å². The number of aromatic nitrogens is 4. The molecule has 36 heavy (non-hydrogen) atoms. The van der Waals surface area contributed by atoms with Gasteiger partial charge in [-0.25, -0.2) is 9.97 Å². The minimum absolute atomic E-state index is 0.215. The second-order valence-electron chi connectivity index (χ2n) is 9.89. The van der Waals surface area contributed by atoms with E-state index in [4.69, 9.17) is 4.98 Å². The van der Waals surface area contributed by atoms with Crippen molar-refractivity contribution in [2.24, 2.45) is 0 Å². The van der Waals surface area contributed by atoms with Crippen LogP contribution in [0.4, 0.5) is 11.5 Å². The molecule has 1 N–H and O–H groups in total. The molecule has 8 nitrogen and oxygen atoms in total. The number of nitrogens with zero attached hydrogens (tertiary/aromatic N) is 7. The van der Waals surface area contributed by atoms with Crippen molar-refractivity contribution in [3.05, 3.63) is 54.6 Å². The standard InChI is InChI=1S/C28H31N7O/c36-26-8-3-2-7-24(26)25-17-23(18-30-32-25)34-19-21-10-11-22(20-34)35(21)28-12-13-29-27(31-28)9-6-16-33-14-4-1-5-15-33/h2-3,7-8,12-13,17-18,21-22,36H,1,4-5,10-11,14-16,19-20H2/t21-,22+. The van der Waals surface area contributed by atoms with Crippen molar-refractivity contribution in [3.63, 3.8) is 0 Å². The van der Waals surface area contributed by atoms with Crippen molar-refractivity contribution in [1.29, 1.82) is 0 Å². The molecule has 2 bridgehead atoms. The van der Waals surface area contributed by atoms with E-state index in [2.05, 4.69) is 41.7 Å². The van der Waals surface area contributed by atoms with Crippen LogP contribution in [0.15, 0.2) is 48.8 Å². The maximum atomic E-state index is 10.3. The summed E-state index contributed by atoms with van der Waals surface area (Å²) in [6.45, 7) is 4.86. The third-order valence-electron chi connectivity index (χ3n) is 7.52. The average Bonchev–Trinajstić information content (AvgIpc) is 3.19. The molecule has 6 rings (SSSR count). The largest absolute Gasteiger partial charge is 0.507 e. The van der Waals surface area contributed by atoms with E-state index in [0.29, 0.717) is 29.2 Å². The summed E-state index contributed by atoms with van der Waals surface area (Å²) in [7, 11) is 0. The van der Waals surface area contributed by atoms with Crippen molar-refractivity contribution in [3.8, 4) is 28.8 Å². The Bertz CT molecular complexity index is 1270. The molecule has 0 amide bonds. The summed E-state index contributed by atoms with van der Waals surface area (Å²) < 4.78 is 0. The molecule has 0 saturated carbocycles. The highest BCUT2D eigenvalue weighted by molar-refractivity contribution is 5.69. The van der Waals surface area contributed by atoms with Gasteiger partial charge < -0.3 is 14.9 Å². The number of aromatic hydroxyl groups is 1. The summed E-state index contributed by atoms with van der Waals surface area (Å²) in [6.07, 6.45) is 9.80. The predicted octanol–water partition coefficient (Wildman–Crippen LogP) is 3.33. The van der Waals surface area contributed by atoms with E-state index in [9.17, 15) is 5.11 Å². The van der Waals surface area contributed by atoms with Gasteiger partial charge in [-0.15, -0.1) is 0 Å². The van der Waals surface area contributed by atoms with E-state index in [-0.39, 0.29) is 5.75 Å². The molecule has 3 aromatic rings. The molecule has 3 saturated heterocycles. The molecular weight excluding hydrogens is 450 g/mol. The normalized spacial score (nSPS) is 21.8. The number of phenolic OH excluding ortho intramolecular Hbond substituents is 1. The first-order valence-corrected chi connectivity index (χ1v) is 12.9. The van der Waals surface area contributed by atoms with Crippen molar-refractivity contribution >= 4 is 11.5 Å². The summed E-state index contributed by atoms with van der Waals surface area (Å²) >= 11 is 0. The Kier molecular flexibility index (Phi) is 6.39. The smallest absolute Gasteiger partial charge is 0.206 e. The fourth-order valence-electron chi connectivity index (χ4n) is 5.74. The van der Waals surface area contributed by atoms with Crippen LogP contribution in [0.2, 0.25) is 0 Å². The minimum Gasteiger partial charge on any atom is -0.507 e. The van der Waals surface area contributed by atoms with E-state index in [1.165, 1.54) is 19.3 Å². The number of anilines is 2. The van der Waals surface area contributed by atoms with Gasteiger partial charge in [-0.2, -0.15) is 10.2 Å². The SMILES string of the molecule is Oc1ccccc1-c1cc(N2C[C@H]3CC[C@@H](C2)N3c2ccnc(C#CCN3CCCCC3)n2)cnn1. The first-order chi connectivity index (χ1) is 17.7. The van der Waals surface area contributed by atoms with Crippen LogP contribution in [0.1, 0.15) is 37.9 Å². The highest BCUT2D eigenvalue weighted by Crippen LogP contribution is 2.36. The number of benzene rings is 1. The molecule has 0 aliphatic carbocycles. The first kappa shape index (κ1) is 22.7. The van der Waals surface area contributed by atoms with Crippen molar-refractivity contribution in [2.75, 3.05) is 42.5 Å². The molecule has 184 valence electrons. The molecule has 5 heterocycles. The van der Waals surface area contributed by atoms with Gasteiger partial charge in [0.15, 0.2) is 0 Å². The van der Waals surface area contributed by atoms with Crippen LogP contribution in [0.3, 0.4) is 0 Å². The van der Waals surface area contributed by atoms with Gasteiger partial charge in [0.25, 0.3) is 0 Å². The van der Waals surface area contributed by atoms with Crippen molar-refractivity contribution in [1.82, 2.24) is 25.1 Å². The number of piperazine rings is 1. The number of piperidine rings is 1. The highest BCUT2D eigenvalue weighted by atomic mass is 16.3. The van der Waals surface area contributed by atoms with Gasteiger partial charge in [0.2, 0.25) is 5.82 Å². The van der Waals surface area contributed by atoms with Crippen molar-refractivity contribution in [2.45, 2.75) is 44.2 Å². The van der Waals surface area contributed by atoms with Gasteiger partial charge in [-0.1, -0.05) is 24.5 Å². The van der Waals surface area contributed by atoms with Crippen LogP contribution < -0.4 is 9.80 Å². The lowest BCUT2D eigenvalue weighted by molar-refractivity contribution is 0.255. The molecule has 3 aliphatic heterocycles. The molecular formula is C28H31N7O. The zero-order chi connectivity index (χ0) is 24.3. The Morgan fingerprint density at radius 2 is 1.81 bits per heavy atom. The lowest BCUT2D eigenvalue weighted by Gasteiger charge is -2.42. The third kappa shape index (κ3) is 4.71. The quantitative estimate of drug-likeness (QED) is 0.569. The molecule has 8 heteroatoms. The maximum Gasteiger partial charge on any atom is 0.206 e. The summed E-state index contributed by atoms with van der Waals surface area (Å²) in [4.78, 5) is 16.5. The first-order valence-electron chi connectivity index (χ1n) is 12.9. The zero-order valence-electron chi connectivity index (χ0n) is 20.4. The summed E-state index contributed by atoms with van der Waals surface area (Å²) in [5.41, 5.74) is 2.42. The van der Waals surface area contributed by atoms with Crippen LogP contribution in [-0.2, 0) is 0 Å². The fourth-order valence-corrected chi connectivity index (χ4v) is 5.74. The fraction of sp³-hybridized carbons (Fsp3) is 0.429. The topological polar surface area (TPSA) is 81.5 Å². The number of para-hydroxylation sites is 1. The van der Waals surface area contributed by atoms with E-state index in [0.717, 1.165) is 57.1 Å². The molecule has 2 atom stereocenters. The summed E-state index contributed by atoms with van der Waals surface area (Å²) in [6, 6.07) is 12.0.